The second-order valence-electron chi connectivity index (χ2n) is 4.65. The van der Waals surface area contributed by atoms with Gasteiger partial charge in [-0.25, -0.2) is 0 Å². The monoisotopic (exact) mass is 409 g/mol. The van der Waals surface area contributed by atoms with Gasteiger partial charge in [0.05, 0.1) is 6.61 Å². The Morgan fingerprint density at radius 1 is 1.57 bits per heavy atom. The van der Waals surface area contributed by atoms with Gasteiger partial charge in [-0.2, -0.15) is 0 Å². The van der Waals surface area contributed by atoms with Crippen LogP contribution in [0.3, 0.4) is 0 Å². The van der Waals surface area contributed by atoms with Crippen molar-refractivity contribution in [2.45, 2.75) is 38.4 Å². The molecule has 2 fully saturated rings. The summed E-state index contributed by atoms with van der Waals surface area (Å²) in [5.41, 5.74) is 1.05. The summed E-state index contributed by atoms with van der Waals surface area (Å²) >= 11 is 0. The minimum atomic E-state index is -0.147. The SMILES string of the molecule is C=C1[C@@H](C)C[C@H](C)CC12OC2CO.[Ac]. The smallest absolute Gasteiger partial charge is 0.118 e. The van der Waals surface area contributed by atoms with E-state index in [1.54, 1.807) is 0 Å². The molecule has 1 spiro atoms. The normalized spacial score (nSPS) is 46.2. The molecule has 2 nitrogen and oxygen atoms in total. The molecule has 1 aliphatic heterocycles. The molecule has 1 saturated heterocycles. The van der Waals surface area contributed by atoms with Gasteiger partial charge in [0.1, 0.15) is 11.7 Å². The summed E-state index contributed by atoms with van der Waals surface area (Å²) in [6.07, 6.45) is 2.29. The first-order valence-corrected chi connectivity index (χ1v) is 5.08. The van der Waals surface area contributed by atoms with Crippen LogP contribution in [0.1, 0.15) is 26.7 Å². The van der Waals surface area contributed by atoms with Crippen LogP contribution in [-0.2, 0) is 4.74 Å². The Kier molecular flexibility index (Phi) is 4.27. The van der Waals surface area contributed by atoms with Gasteiger partial charge in [0.2, 0.25) is 0 Å². The Morgan fingerprint density at radius 3 is 2.71 bits per heavy atom. The van der Waals surface area contributed by atoms with E-state index in [1.807, 2.05) is 0 Å². The minimum absolute atomic E-state index is 0. The van der Waals surface area contributed by atoms with Crippen molar-refractivity contribution in [1.29, 1.82) is 0 Å². The number of aliphatic hydroxyl groups is 1. The summed E-state index contributed by atoms with van der Waals surface area (Å²) in [4.78, 5) is 0. The van der Waals surface area contributed by atoms with Crippen LogP contribution < -0.4 is 0 Å². The predicted octanol–water partition coefficient (Wildman–Crippen LogP) is 1.74. The third-order valence-electron chi connectivity index (χ3n) is 3.53. The molecule has 2 unspecified atom stereocenters. The van der Waals surface area contributed by atoms with Gasteiger partial charge in [0.25, 0.3) is 0 Å². The summed E-state index contributed by atoms with van der Waals surface area (Å²) in [7, 11) is 0. The Balaban J connectivity index is 0.000000980. The Labute approximate surface area is 122 Å². The first-order chi connectivity index (χ1) is 6.10. The number of ether oxygens (including phenoxy) is 1. The van der Waals surface area contributed by atoms with Crippen LogP contribution in [-0.4, -0.2) is 23.4 Å². The van der Waals surface area contributed by atoms with E-state index < -0.39 is 0 Å². The molecule has 1 aliphatic carbocycles. The minimum Gasteiger partial charge on any atom is -0.394 e. The first kappa shape index (κ1) is 13.2. The first-order valence-electron chi connectivity index (χ1n) is 5.08. The van der Waals surface area contributed by atoms with Crippen molar-refractivity contribution in [3.05, 3.63) is 12.2 Å². The van der Waals surface area contributed by atoms with Crippen LogP contribution in [0.25, 0.3) is 0 Å². The van der Waals surface area contributed by atoms with Crippen molar-refractivity contribution in [3.8, 4) is 0 Å². The number of hydrogen-bond acceptors (Lipinski definition) is 2. The van der Waals surface area contributed by atoms with Crippen molar-refractivity contribution in [2.75, 3.05) is 6.61 Å². The average molecular weight is 409 g/mol. The van der Waals surface area contributed by atoms with Crippen LogP contribution >= 0.6 is 0 Å². The standard InChI is InChI=1S/C11H18O2.Ac/c1-7-4-8(2)9(3)11(5-7)10(6-12)13-11;/h7-8,10,12H,3-6H2,1-2H3;/t7-,8-,10?,11?;/m0./s1. The largest absolute Gasteiger partial charge is 0.394 e. The summed E-state index contributed by atoms with van der Waals surface area (Å²) in [5, 5.41) is 9.05. The quantitative estimate of drug-likeness (QED) is 0.529. The van der Waals surface area contributed by atoms with E-state index in [2.05, 4.69) is 20.4 Å². The molecule has 1 heterocycles. The molecule has 1 radical (unpaired) electrons. The molecule has 1 N–H and O–H groups in total. The fourth-order valence-corrected chi connectivity index (χ4v) is 2.76. The molecule has 4 atom stereocenters. The van der Waals surface area contributed by atoms with Gasteiger partial charge < -0.3 is 9.84 Å². The molecule has 77 valence electrons. The van der Waals surface area contributed by atoms with Crippen molar-refractivity contribution < 1.29 is 53.9 Å². The summed E-state index contributed by atoms with van der Waals surface area (Å²) in [6, 6.07) is 0. The van der Waals surface area contributed by atoms with Crippen LogP contribution in [0.5, 0.6) is 0 Å². The van der Waals surface area contributed by atoms with E-state index in [4.69, 9.17) is 9.84 Å². The summed E-state index contributed by atoms with van der Waals surface area (Å²) in [6.45, 7) is 8.70. The molecule has 0 aromatic rings. The van der Waals surface area contributed by atoms with Crippen molar-refractivity contribution in [1.82, 2.24) is 0 Å². The third kappa shape index (κ3) is 1.98. The molecular weight excluding hydrogens is 391 g/mol. The molecule has 0 aromatic heterocycles. The van der Waals surface area contributed by atoms with Gasteiger partial charge in [-0.05, 0) is 30.3 Å². The second-order valence-corrected chi connectivity index (χ2v) is 4.65. The van der Waals surface area contributed by atoms with E-state index in [0.29, 0.717) is 11.8 Å². The molecular formula is C11H18AcO2. The van der Waals surface area contributed by atoms with Crippen LogP contribution in [0.15, 0.2) is 12.2 Å². The van der Waals surface area contributed by atoms with Gasteiger partial charge in [-0.3, -0.25) is 0 Å². The van der Waals surface area contributed by atoms with Gasteiger partial charge in [0, 0.05) is 44.1 Å². The summed E-state index contributed by atoms with van der Waals surface area (Å²) < 4.78 is 5.60. The molecule has 1 saturated carbocycles. The van der Waals surface area contributed by atoms with E-state index in [9.17, 15) is 0 Å². The van der Waals surface area contributed by atoms with Gasteiger partial charge in [-0.15, -0.1) is 0 Å². The molecule has 2 rings (SSSR count). The topological polar surface area (TPSA) is 32.8 Å². The summed E-state index contributed by atoms with van der Waals surface area (Å²) in [5.74, 6) is 1.23. The fraction of sp³-hybridized carbons (Fsp3) is 0.818. The number of aliphatic hydroxyl groups excluding tert-OH is 1. The predicted molar refractivity (Wildman–Crippen MR) is 51.4 cm³/mol. The zero-order valence-electron chi connectivity index (χ0n) is 8.99. The van der Waals surface area contributed by atoms with Crippen LogP contribution in [0.2, 0.25) is 0 Å². The Hall–Kier alpha value is 1.10. The number of hydrogen-bond donors (Lipinski definition) is 1. The number of rotatable bonds is 1. The second kappa shape index (κ2) is 4.54. The molecule has 0 aromatic carbocycles. The Morgan fingerprint density at radius 2 is 2.21 bits per heavy atom. The van der Waals surface area contributed by atoms with Crippen molar-refractivity contribution in [2.24, 2.45) is 11.8 Å². The van der Waals surface area contributed by atoms with Gasteiger partial charge in [0.15, 0.2) is 0 Å². The fourth-order valence-electron chi connectivity index (χ4n) is 2.76. The zero-order valence-corrected chi connectivity index (χ0v) is 13.7. The third-order valence-corrected chi connectivity index (χ3v) is 3.53. The number of epoxide rings is 1. The van der Waals surface area contributed by atoms with Gasteiger partial charge >= 0.3 is 0 Å². The molecule has 14 heavy (non-hydrogen) atoms. The van der Waals surface area contributed by atoms with Crippen molar-refractivity contribution in [3.63, 3.8) is 0 Å². The van der Waals surface area contributed by atoms with E-state index in [0.717, 1.165) is 6.42 Å². The maximum Gasteiger partial charge on any atom is 0.118 e. The van der Waals surface area contributed by atoms with Crippen LogP contribution in [0.4, 0.5) is 0 Å². The van der Waals surface area contributed by atoms with E-state index >= 15 is 0 Å². The maximum absolute atomic E-state index is 9.05. The molecule has 0 bridgehead atoms. The average Bonchev–Trinajstić information content (AvgIpc) is 2.75. The van der Waals surface area contributed by atoms with Gasteiger partial charge in [-0.1, -0.05) is 20.4 Å². The maximum atomic E-state index is 9.05. The molecule has 0 amide bonds. The zero-order chi connectivity index (χ0) is 9.64. The van der Waals surface area contributed by atoms with E-state index in [-0.39, 0.29) is 62.4 Å². The van der Waals surface area contributed by atoms with Crippen molar-refractivity contribution >= 4 is 0 Å². The molecule has 3 heteroatoms. The molecule has 2 aliphatic rings. The van der Waals surface area contributed by atoms with Crippen LogP contribution in [0, 0.1) is 55.9 Å². The Bertz CT molecular complexity index is 241. The van der Waals surface area contributed by atoms with E-state index in [1.165, 1.54) is 12.0 Å².